The summed E-state index contributed by atoms with van der Waals surface area (Å²) in [5.74, 6) is 0.450. The van der Waals surface area contributed by atoms with Crippen molar-refractivity contribution in [2.45, 2.75) is 64.1 Å². The standard InChI is InChI=1S/C24H31N3OS/c1-16-8-6-9-17(2)27(16)24(28)18(3)25-15-21(23-12-7-13-29-23)20-14-26-22-11-5-4-10-19(20)22/h4-5,7,10-14,16-18,21,25-26H,6,8-9,15H2,1-3H3. The van der Waals surface area contributed by atoms with E-state index in [1.165, 1.54) is 22.2 Å². The van der Waals surface area contributed by atoms with Crippen LogP contribution >= 0.6 is 11.3 Å². The first-order valence-corrected chi connectivity index (χ1v) is 11.6. The molecular formula is C24H31N3OS. The van der Waals surface area contributed by atoms with Crippen molar-refractivity contribution in [3.63, 3.8) is 0 Å². The lowest BCUT2D eigenvalue weighted by molar-refractivity contribution is -0.139. The second kappa shape index (κ2) is 8.72. The first-order chi connectivity index (χ1) is 14.1. The quantitative estimate of drug-likeness (QED) is 0.593. The van der Waals surface area contributed by atoms with Gasteiger partial charge in [-0.2, -0.15) is 0 Å². The van der Waals surface area contributed by atoms with Gasteiger partial charge in [0.1, 0.15) is 0 Å². The molecule has 4 rings (SSSR count). The molecule has 5 heteroatoms. The predicted molar refractivity (Wildman–Crippen MR) is 122 cm³/mol. The van der Waals surface area contributed by atoms with Crippen LogP contribution in [-0.2, 0) is 4.79 Å². The average Bonchev–Trinajstić information content (AvgIpc) is 3.38. The molecule has 1 amide bonds. The minimum absolute atomic E-state index is 0.189. The van der Waals surface area contributed by atoms with Gasteiger partial charge in [-0.05, 0) is 63.1 Å². The number of H-pyrrole nitrogens is 1. The van der Waals surface area contributed by atoms with Crippen LogP contribution in [0.25, 0.3) is 10.9 Å². The van der Waals surface area contributed by atoms with Crippen molar-refractivity contribution in [1.82, 2.24) is 15.2 Å². The van der Waals surface area contributed by atoms with E-state index in [0.717, 1.165) is 24.9 Å². The lowest BCUT2D eigenvalue weighted by Crippen LogP contribution is -2.54. The molecule has 29 heavy (non-hydrogen) atoms. The number of piperidine rings is 1. The maximum absolute atomic E-state index is 13.2. The Balaban J connectivity index is 1.52. The fraction of sp³-hybridized carbons (Fsp3) is 0.458. The van der Waals surface area contributed by atoms with Crippen molar-refractivity contribution in [2.24, 2.45) is 0 Å². The van der Waals surface area contributed by atoms with Crippen LogP contribution in [0.1, 0.15) is 56.4 Å². The molecular weight excluding hydrogens is 378 g/mol. The number of carbonyl (C=O) groups is 1. The zero-order valence-electron chi connectivity index (χ0n) is 17.5. The van der Waals surface area contributed by atoms with Crippen LogP contribution in [0.3, 0.4) is 0 Å². The lowest BCUT2D eigenvalue weighted by atomic mass is 9.95. The number of aromatic nitrogens is 1. The molecule has 3 aromatic rings. The van der Waals surface area contributed by atoms with E-state index < -0.39 is 0 Å². The molecule has 0 bridgehead atoms. The molecule has 1 aromatic carbocycles. The zero-order valence-corrected chi connectivity index (χ0v) is 18.3. The van der Waals surface area contributed by atoms with Crippen LogP contribution in [0.4, 0.5) is 0 Å². The minimum Gasteiger partial charge on any atom is -0.361 e. The van der Waals surface area contributed by atoms with E-state index in [1.807, 2.05) is 6.92 Å². The highest BCUT2D eigenvalue weighted by atomic mass is 32.1. The summed E-state index contributed by atoms with van der Waals surface area (Å²) in [6.07, 6.45) is 5.55. The van der Waals surface area contributed by atoms with E-state index in [9.17, 15) is 4.79 Å². The maximum atomic E-state index is 13.2. The number of hydrogen-bond donors (Lipinski definition) is 2. The van der Waals surface area contributed by atoms with Crippen LogP contribution in [0.2, 0.25) is 0 Å². The van der Waals surface area contributed by atoms with Gasteiger partial charge in [-0.15, -0.1) is 11.3 Å². The molecule has 1 saturated heterocycles. The second-order valence-corrected chi connectivity index (χ2v) is 9.34. The van der Waals surface area contributed by atoms with Crippen molar-refractivity contribution in [3.05, 3.63) is 58.4 Å². The third-order valence-corrected chi connectivity index (χ3v) is 7.32. The van der Waals surface area contributed by atoms with Crippen LogP contribution < -0.4 is 5.32 Å². The van der Waals surface area contributed by atoms with Gasteiger partial charge in [-0.25, -0.2) is 0 Å². The normalized spacial score (nSPS) is 22.0. The number of hydrogen-bond acceptors (Lipinski definition) is 3. The summed E-state index contributed by atoms with van der Waals surface area (Å²) in [5.41, 5.74) is 2.44. The number of para-hydroxylation sites is 1. The van der Waals surface area contributed by atoms with Crippen molar-refractivity contribution in [2.75, 3.05) is 6.54 Å². The zero-order chi connectivity index (χ0) is 20.4. The monoisotopic (exact) mass is 409 g/mol. The van der Waals surface area contributed by atoms with Gasteiger partial charge in [0.15, 0.2) is 0 Å². The number of thiophene rings is 1. The second-order valence-electron chi connectivity index (χ2n) is 8.36. The molecule has 0 spiro atoms. The summed E-state index contributed by atoms with van der Waals surface area (Å²) in [5, 5.41) is 6.95. The number of amides is 1. The molecule has 4 atom stereocenters. The highest BCUT2D eigenvalue weighted by molar-refractivity contribution is 7.10. The van der Waals surface area contributed by atoms with E-state index in [-0.39, 0.29) is 17.9 Å². The number of rotatable bonds is 6. The third-order valence-electron chi connectivity index (χ3n) is 6.33. The van der Waals surface area contributed by atoms with Crippen molar-refractivity contribution >= 4 is 28.1 Å². The molecule has 1 aliphatic heterocycles. The molecule has 3 heterocycles. The Labute approximate surface area is 177 Å². The van der Waals surface area contributed by atoms with Crippen LogP contribution in [0.15, 0.2) is 48.0 Å². The SMILES string of the molecule is CC(NCC(c1cccs1)c1c[nH]c2ccccc12)C(=O)N1C(C)CCCC1C. The van der Waals surface area contributed by atoms with Gasteiger partial charge in [0.05, 0.1) is 6.04 Å². The number of nitrogens with zero attached hydrogens (tertiary/aromatic N) is 1. The molecule has 0 aliphatic carbocycles. The van der Waals surface area contributed by atoms with E-state index >= 15 is 0 Å². The maximum Gasteiger partial charge on any atom is 0.239 e. The van der Waals surface area contributed by atoms with Crippen molar-refractivity contribution in [1.29, 1.82) is 0 Å². The highest BCUT2D eigenvalue weighted by Gasteiger charge is 2.32. The predicted octanol–water partition coefficient (Wildman–Crippen LogP) is 5.13. The van der Waals surface area contributed by atoms with Gasteiger partial charge in [-0.1, -0.05) is 24.3 Å². The lowest BCUT2D eigenvalue weighted by Gasteiger charge is -2.40. The van der Waals surface area contributed by atoms with E-state index in [4.69, 9.17) is 0 Å². The van der Waals surface area contributed by atoms with E-state index in [0.29, 0.717) is 12.1 Å². The van der Waals surface area contributed by atoms with Crippen LogP contribution in [0.5, 0.6) is 0 Å². The van der Waals surface area contributed by atoms with Crippen LogP contribution in [0, 0.1) is 0 Å². The van der Waals surface area contributed by atoms with Crippen molar-refractivity contribution < 1.29 is 4.79 Å². The molecule has 154 valence electrons. The van der Waals surface area contributed by atoms with Gasteiger partial charge >= 0.3 is 0 Å². The fourth-order valence-electron chi connectivity index (χ4n) is 4.70. The Morgan fingerprint density at radius 3 is 2.69 bits per heavy atom. The third kappa shape index (κ3) is 4.12. The topological polar surface area (TPSA) is 48.1 Å². The number of fused-ring (bicyclic) bond motifs is 1. The number of benzene rings is 1. The summed E-state index contributed by atoms with van der Waals surface area (Å²) < 4.78 is 0. The Bertz CT molecular complexity index is 938. The molecule has 1 fully saturated rings. The summed E-state index contributed by atoms with van der Waals surface area (Å²) in [6, 6.07) is 13.2. The molecule has 2 N–H and O–H groups in total. The van der Waals surface area contributed by atoms with E-state index in [2.05, 4.69) is 77.0 Å². The Hall–Kier alpha value is -2.11. The molecule has 4 unspecified atom stereocenters. The number of likely N-dealkylation sites (tertiary alicyclic amines) is 1. The van der Waals surface area contributed by atoms with Gasteiger partial charge < -0.3 is 15.2 Å². The highest BCUT2D eigenvalue weighted by Crippen LogP contribution is 2.33. The Kier molecular flexibility index (Phi) is 6.07. The summed E-state index contributed by atoms with van der Waals surface area (Å²) in [6.45, 7) is 7.12. The summed E-state index contributed by atoms with van der Waals surface area (Å²) in [7, 11) is 0. The van der Waals surface area contributed by atoms with Crippen molar-refractivity contribution in [3.8, 4) is 0 Å². The molecule has 4 nitrogen and oxygen atoms in total. The average molecular weight is 410 g/mol. The first kappa shape index (κ1) is 20.2. The summed E-state index contributed by atoms with van der Waals surface area (Å²) in [4.78, 5) is 20.0. The van der Waals surface area contributed by atoms with Gasteiger partial charge in [0.25, 0.3) is 0 Å². The first-order valence-electron chi connectivity index (χ1n) is 10.7. The number of aromatic amines is 1. The minimum atomic E-state index is -0.189. The fourth-order valence-corrected chi connectivity index (χ4v) is 5.54. The van der Waals surface area contributed by atoms with Gasteiger partial charge in [0, 0.05) is 46.5 Å². The molecule has 0 radical (unpaired) electrons. The number of nitrogens with one attached hydrogen (secondary N) is 2. The van der Waals surface area contributed by atoms with Gasteiger partial charge in [-0.3, -0.25) is 4.79 Å². The molecule has 0 saturated carbocycles. The Morgan fingerprint density at radius 2 is 1.97 bits per heavy atom. The van der Waals surface area contributed by atoms with Crippen LogP contribution in [-0.4, -0.2) is 40.5 Å². The summed E-state index contributed by atoms with van der Waals surface area (Å²) >= 11 is 1.78. The molecule has 1 aliphatic rings. The van der Waals surface area contributed by atoms with E-state index in [1.54, 1.807) is 11.3 Å². The Morgan fingerprint density at radius 1 is 1.21 bits per heavy atom. The molecule has 2 aromatic heterocycles. The largest absolute Gasteiger partial charge is 0.361 e. The smallest absolute Gasteiger partial charge is 0.239 e. The van der Waals surface area contributed by atoms with Gasteiger partial charge in [0.2, 0.25) is 5.91 Å². The number of carbonyl (C=O) groups excluding carboxylic acids is 1.